The molecule has 0 spiro atoms. The normalized spacial score (nSPS) is 17.4. The van der Waals surface area contributed by atoms with E-state index in [-0.39, 0.29) is 18.6 Å². The molecule has 3 aromatic rings. The third kappa shape index (κ3) is 5.14. The summed E-state index contributed by atoms with van der Waals surface area (Å²) in [5.41, 5.74) is 4.29. The first-order valence-corrected chi connectivity index (χ1v) is 12.0. The van der Waals surface area contributed by atoms with E-state index in [2.05, 4.69) is 75.8 Å². The van der Waals surface area contributed by atoms with Crippen molar-refractivity contribution in [3.05, 3.63) is 95.6 Å². The minimum atomic E-state index is -0.591. The Balaban J connectivity index is 1.16. The number of carbonyl (C=O) groups is 1. The topological polar surface area (TPSA) is 65.0 Å². The molecule has 34 heavy (non-hydrogen) atoms. The molecule has 1 amide bonds. The number of amides is 1. The lowest BCUT2D eigenvalue weighted by molar-refractivity contribution is -0.115. The number of aliphatic hydroxyl groups is 1. The fraction of sp³-hybridized carbons (Fsp3) is 0.321. The standard InChI is InChI=1S/C28H31N3O3/c32-23(20-34-26-13-7-12-25-24(26)18-27(33)29-25)19-30-14-16-31(17-15-30)28(21-8-3-1-4-9-21)22-10-5-2-6-11-22/h1-13,23,28,32H,14-20H2,(H,29,33). The molecular weight excluding hydrogens is 426 g/mol. The number of benzene rings is 3. The molecule has 1 saturated heterocycles. The Bertz CT molecular complexity index is 1060. The van der Waals surface area contributed by atoms with Gasteiger partial charge in [0.15, 0.2) is 0 Å². The summed E-state index contributed by atoms with van der Waals surface area (Å²) in [5.74, 6) is 0.655. The van der Waals surface area contributed by atoms with Crippen molar-refractivity contribution >= 4 is 11.6 Å². The molecule has 0 saturated carbocycles. The maximum absolute atomic E-state index is 11.7. The summed E-state index contributed by atoms with van der Waals surface area (Å²) in [6.07, 6.45) is -0.264. The van der Waals surface area contributed by atoms with Gasteiger partial charge in [0.1, 0.15) is 18.5 Å². The number of hydrogen-bond donors (Lipinski definition) is 2. The number of rotatable bonds is 8. The molecule has 1 atom stereocenters. The van der Waals surface area contributed by atoms with Gasteiger partial charge in [0.25, 0.3) is 0 Å². The Morgan fingerprint density at radius 3 is 2.15 bits per heavy atom. The fourth-order valence-corrected chi connectivity index (χ4v) is 4.98. The van der Waals surface area contributed by atoms with Gasteiger partial charge in [0.2, 0.25) is 5.91 Å². The van der Waals surface area contributed by atoms with Gasteiger partial charge in [0.05, 0.1) is 12.5 Å². The minimum Gasteiger partial charge on any atom is -0.490 e. The fourth-order valence-electron chi connectivity index (χ4n) is 4.98. The van der Waals surface area contributed by atoms with E-state index < -0.39 is 6.10 Å². The van der Waals surface area contributed by atoms with Crippen LogP contribution < -0.4 is 10.1 Å². The van der Waals surface area contributed by atoms with Crippen LogP contribution in [-0.2, 0) is 11.2 Å². The molecule has 6 heteroatoms. The van der Waals surface area contributed by atoms with Gasteiger partial charge in [-0.25, -0.2) is 0 Å². The van der Waals surface area contributed by atoms with Crippen molar-refractivity contribution in [2.45, 2.75) is 18.6 Å². The van der Waals surface area contributed by atoms with E-state index in [0.29, 0.717) is 18.7 Å². The highest BCUT2D eigenvalue weighted by molar-refractivity contribution is 6.00. The van der Waals surface area contributed by atoms with Crippen molar-refractivity contribution < 1.29 is 14.6 Å². The number of carbonyl (C=O) groups excluding carboxylic acids is 1. The zero-order chi connectivity index (χ0) is 23.3. The third-order valence-corrected chi connectivity index (χ3v) is 6.65. The van der Waals surface area contributed by atoms with Crippen LogP contribution in [0.3, 0.4) is 0 Å². The van der Waals surface area contributed by atoms with Crippen molar-refractivity contribution in [1.82, 2.24) is 9.80 Å². The van der Waals surface area contributed by atoms with Crippen molar-refractivity contribution in [2.24, 2.45) is 0 Å². The number of fused-ring (bicyclic) bond motifs is 1. The second kappa shape index (κ2) is 10.4. The molecular formula is C28H31N3O3. The van der Waals surface area contributed by atoms with Gasteiger partial charge in [-0.2, -0.15) is 0 Å². The van der Waals surface area contributed by atoms with Gasteiger partial charge < -0.3 is 15.2 Å². The molecule has 0 bridgehead atoms. The molecule has 2 N–H and O–H groups in total. The summed E-state index contributed by atoms with van der Waals surface area (Å²) >= 11 is 0. The van der Waals surface area contributed by atoms with E-state index in [1.165, 1.54) is 11.1 Å². The summed E-state index contributed by atoms with van der Waals surface area (Å²) in [6, 6.07) is 27.2. The Kier molecular flexibility index (Phi) is 6.90. The number of piperazine rings is 1. The summed E-state index contributed by atoms with van der Waals surface area (Å²) in [5, 5.41) is 13.5. The molecule has 3 aromatic carbocycles. The van der Waals surface area contributed by atoms with Gasteiger partial charge >= 0.3 is 0 Å². The van der Waals surface area contributed by atoms with Crippen LogP contribution in [0, 0.1) is 0 Å². The lowest BCUT2D eigenvalue weighted by atomic mass is 9.96. The maximum atomic E-state index is 11.7. The van der Waals surface area contributed by atoms with E-state index in [1.54, 1.807) is 0 Å². The van der Waals surface area contributed by atoms with E-state index in [4.69, 9.17) is 4.74 Å². The Morgan fingerprint density at radius 1 is 0.853 bits per heavy atom. The number of nitrogens with zero attached hydrogens (tertiary/aromatic N) is 2. The molecule has 0 aromatic heterocycles. The van der Waals surface area contributed by atoms with E-state index in [9.17, 15) is 9.90 Å². The average Bonchev–Trinajstić information content (AvgIpc) is 3.26. The largest absolute Gasteiger partial charge is 0.490 e. The number of anilines is 1. The Morgan fingerprint density at radius 2 is 1.50 bits per heavy atom. The van der Waals surface area contributed by atoms with E-state index >= 15 is 0 Å². The first-order valence-electron chi connectivity index (χ1n) is 12.0. The highest BCUT2D eigenvalue weighted by Gasteiger charge is 2.27. The van der Waals surface area contributed by atoms with Crippen LogP contribution in [0.1, 0.15) is 22.7 Å². The zero-order valence-corrected chi connectivity index (χ0v) is 19.3. The van der Waals surface area contributed by atoms with Crippen LogP contribution in [0.15, 0.2) is 78.9 Å². The number of β-amino-alcohol motifs (C(OH)–C–C–N with tert-alkyl or cyclic N) is 1. The monoisotopic (exact) mass is 457 g/mol. The zero-order valence-electron chi connectivity index (χ0n) is 19.3. The van der Waals surface area contributed by atoms with Crippen LogP contribution >= 0.6 is 0 Å². The highest BCUT2D eigenvalue weighted by atomic mass is 16.5. The van der Waals surface area contributed by atoms with Gasteiger partial charge in [-0.1, -0.05) is 66.7 Å². The Labute approximate surface area is 200 Å². The van der Waals surface area contributed by atoms with Crippen LogP contribution in [-0.4, -0.2) is 66.2 Å². The minimum absolute atomic E-state index is 0.0196. The first kappa shape index (κ1) is 22.6. The Hall–Kier alpha value is -3.19. The molecule has 1 fully saturated rings. The van der Waals surface area contributed by atoms with Crippen LogP contribution in [0.5, 0.6) is 5.75 Å². The smallest absolute Gasteiger partial charge is 0.229 e. The summed E-state index contributed by atoms with van der Waals surface area (Å²) in [6.45, 7) is 4.44. The van der Waals surface area contributed by atoms with Crippen LogP contribution in [0.4, 0.5) is 5.69 Å². The lowest BCUT2D eigenvalue weighted by Gasteiger charge is -2.40. The van der Waals surface area contributed by atoms with E-state index in [1.807, 2.05) is 18.2 Å². The number of nitrogens with one attached hydrogen (secondary N) is 1. The van der Waals surface area contributed by atoms with Crippen LogP contribution in [0.25, 0.3) is 0 Å². The van der Waals surface area contributed by atoms with E-state index in [0.717, 1.165) is 37.4 Å². The first-order chi connectivity index (χ1) is 16.7. The number of ether oxygens (including phenoxy) is 1. The average molecular weight is 458 g/mol. The van der Waals surface area contributed by atoms with Crippen molar-refractivity contribution in [3.63, 3.8) is 0 Å². The van der Waals surface area contributed by atoms with Crippen LogP contribution in [0.2, 0.25) is 0 Å². The molecule has 5 rings (SSSR count). The predicted molar refractivity (Wildman–Crippen MR) is 133 cm³/mol. The van der Waals surface area contributed by atoms with Gasteiger partial charge in [-0.05, 0) is 23.3 Å². The second-order valence-corrected chi connectivity index (χ2v) is 9.03. The number of hydrogen-bond acceptors (Lipinski definition) is 5. The quantitative estimate of drug-likeness (QED) is 0.543. The predicted octanol–water partition coefficient (Wildman–Crippen LogP) is 3.33. The SMILES string of the molecule is O=C1Cc2c(cccc2OCC(O)CN2CCN(C(c3ccccc3)c3ccccc3)CC2)N1. The second-order valence-electron chi connectivity index (χ2n) is 9.03. The molecule has 0 aliphatic carbocycles. The summed E-state index contributed by atoms with van der Waals surface area (Å²) < 4.78 is 5.90. The summed E-state index contributed by atoms with van der Waals surface area (Å²) in [4.78, 5) is 16.5. The molecule has 176 valence electrons. The van der Waals surface area contributed by atoms with Gasteiger partial charge in [-0.3, -0.25) is 14.6 Å². The molecule has 6 nitrogen and oxygen atoms in total. The van der Waals surface area contributed by atoms with Gasteiger partial charge in [-0.15, -0.1) is 0 Å². The van der Waals surface area contributed by atoms with Crippen molar-refractivity contribution in [2.75, 3.05) is 44.6 Å². The van der Waals surface area contributed by atoms with Crippen molar-refractivity contribution in [1.29, 1.82) is 0 Å². The maximum Gasteiger partial charge on any atom is 0.229 e. The number of aliphatic hydroxyl groups excluding tert-OH is 1. The molecule has 1 unspecified atom stereocenters. The molecule has 2 heterocycles. The molecule has 2 aliphatic rings. The highest BCUT2D eigenvalue weighted by Crippen LogP contribution is 2.32. The van der Waals surface area contributed by atoms with Crippen molar-refractivity contribution in [3.8, 4) is 5.75 Å². The van der Waals surface area contributed by atoms with Gasteiger partial charge in [0, 0.05) is 44.0 Å². The summed E-state index contributed by atoms with van der Waals surface area (Å²) in [7, 11) is 0. The lowest BCUT2D eigenvalue weighted by Crippen LogP contribution is -2.50. The molecule has 0 radical (unpaired) electrons. The molecule has 2 aliphatic heterocycles. The third-order valence-electron chi connectivity index (χ3n) is 6.65.